The third-order valence-electron chi connectivity index (χ3n) is 5.37. The fourth-order valence-corrected chi connectivity index (χ4v) is 3.87. The van der Waals surface area contributed by atoms with Gasteiger partial charge in [0.05, 0.1) is 6.42 Å². The van der Waals surface area contributed by atoms with Gasteiger partial charge in [0.2, 0.25) is 0 Å². The van der Waals surface area contributed by atoms with Crippen LogP contribution in [0.3, 0.4) is 0 Å². The van der Waals surface area contributed by atoms with Crippen molar-refractivity contribution in [3.8, 4) is 0 Å². The van der Waals surface area contributed by atoms with Crippen molar-refractivity contribution in [2.24, 2.45) is 11.7 Å². The second-order valence-corrected chi connectivity index (χ2v) is 9.28. The van der Waals surface area contributed by atoms with Gasteiger partial charge >= 0.3 is 11.9 Å². The van der Waals surface area contributed by atoms with E-state index in [1.165, 1.54) is 64.2 Å². The maximum atomic E-state index is 11.7. The zero-order valence-corrected chi connectivity index (χ0v) is 18.2. The molecule has 0 radical (unpaired) electrons. The largest absolute Gasteiger partial charge is 0.478 e. The van der Waals surface area contributed by atoms with Crippen molar-refractivity contribution in [2.45, 2.75) is 116 Å². The number of hydrogen-bond acceptors (Lipinski definition) is 4. The van der Waals surface area contributed by atoms with Gasteiger partial charge in [0, 0.05) is 11.6 Å². The number of rotatable bonds is 6. The molecule has 0 heterocycles. The monoisotopic (exact) mass is 395 g/mol. The van der Waals surface area contributed by atoms with E-state index in [2.05, 4.69) is 0 Å². The number of aliphatic carboxylic acids is 1. The normalized spacial score (nSPS) is 19.5. The van der Waals surface area contributed by atoms with Crippen LogP contribution in [0.15, 0.2) is 11.6 Å². The van der Waals surface area contributed by atoms with Gasteiger partial charge in [0.25, 0.3) is 0 Å². The minimum absolute atomic E-state index is 0.153. The molecule has 162 valence electrons. The second-order valence-electron chi connectivity index (χ2n) is 9.28. The molecule has 28 heavy (non-hydrogen) atoms. The van der Waals surface area contributed by atoms with Gasteiger partial charge in [-0.05, 0) is 52.4 Å². The molecule has 2 aliphatic rings. The van der Waals surface area contributed by atoms with E-state index < -0.39 is 17.5 Å². The van der Waals surface area contributed by atoms with Gasteiger partial charge in [0.1, 0.15) is 5.60 Å². The Labute approximate surface area is 171 Å². The van der Waals surface area contributed by atoms with E-state index in [1.54, 1.807) is 26.8 Å². The Kier molecular flexibility index (Phi) is 11.4. The molecule has 0 unspecified atom stereocenters. The molecule has 5 heteroatoms. The van der Waals surface area contributed by atoms with E-state index in [0.29, 0.717) is 12.0 Å². The predicted octanol–water partition coefficient (Wildman–Crippen LogP) is 5.37. The van der Waals surface area contributed by atoms with Crippen LogP contribution in [0.5, 0.6) is 0 Å². The van der Waals surface area contributed by atoms with Crippen LogP contribution in [0.4, 0.5) is 0 Å². The Balaban J connectivity index is 0.000000467. The molecule has 5 nitrogen and oxygen atoms in total. The first kappa shape index (κ1) is 24.7. The summed E-state index contributed by atoms with van der Waals surface area (Å²) in [6.07, 6.45) is 16.4. The van der Waals surface area contributed by atoms with E-state index in [0.717, 1.165) is 12.8 Å². The molecule has 2 fully saturated rings. The number of carbonyl (C=O) groups excluding carboxylic acids is 1. The topological polar surface area (TPSA) is 89.6 Å². The van der Waals surface area contributed by atoms with Crippen molar-refractivity contribution in [2.75, 3.05) is 0 Å². The summed E-state index contributed by atoms with van der Waals surface area (Å²) in [7, 11) is 0. The zero-order valence-electron chi connectivity index (χ0n) is 18.2. The average Bonchev–Trinajstić information content (AvgIpc) is 2.61. The maximum Gasteiger partial charge on any atom is 0.331 e. The summed E-state index contributed by atoms with van der Waals surface area (Å²) >= 11 is 0. The molecule has 0 aromatic rings. The third kappa shape index (κ3) is 12.2. The molecule has 0 saturated heterocycles. The summed E-state index contributed by atoms with van der Waals surface area (Å²) < 4.78 is 5.17. The lowest BCUT2D eigenvalue weighted by Gasteiger charge is -2.21. The highest BCUT2D eigenvalue weighted by Crippen LogP contribution is 2.27. The van der Waals surface area contributed by atoms with Crippen molar-refractivity contribution < 1.29 is 19.4 Å². The number of hydrogen-bond donors (Lipinski definition) is 2. The summed E-state index contributed by atoms with van der Waals surface area (Å²) in [4.78, 5) is 22.9. The molecule has 2 saturated carbocycles. The van der Waals surface area contributed by atoms with Gasteiger partial charge in [-0.25, -0.2) is 4.79 Å². The van der Waals surface area contributed by atoms with Gasteiger partial charge in [-0.2, -0.15) is 0 Å². The number of allylic oxidation sites excluding steroid dienone is 1. The van der Waals surface area contributed by atoms with E-state index in [1.807, 2.05) is 0 Å². The van der Waals surface area contributed by atoms with Crippen molar-refractivity contribution in [1.29, 1.82) is 0 Å². The summed E-state index contributed by atoms with van der Waals surface area (Å²) in [5.41, 5.74) is 5.21. The molecule has 0 amide bonds. The van der Waals surface area contributed by atoms with E-state index in [-0.39, 0.29) is 12.0 Å². The van der Waals surface area contributed by atoms with Crippen LogP contribution in [-0.2, 0) is 14.3 Å². The third-order valence-corrected chi connectivity index (χ3v) is 5.37. The smallest absolute Gasteiger partial charge is 0.331 e. The number of carboxylic acid groups (broad SMARTS) is 1. The van der Waals surface area contributed by atoms with E-state index in [9.17, 15) is 14.7 Å². The molecular weight excluding hydrogens is 354 g/mol. The first-order chi connectivity index (χ1) is 13.2. The van der Waals surface area contributed by atoms with Gasteiger partial charge in [-0.3, -0.25) is 4.79 Å². The van der Waals surface area contributed by atoms with Crippen LogP contribution in [0.25, 0.3) is 0 Å². The Bertz CT molecular complexity index is 495. The van der Waals surface area contributed by atoms with Crippen LogP contribution >= 0.6 is 0 Å². The lowest BCUT2D eigenvalue weighted by Crippen LogP contribution is -2.24. The standard InChI is InChI=1S/C17H28O4.C6H13N/c1-17(2,3)21-15(18)12-14(16(19)20)11-7-10-13-8-5-4-6-9-13;7-6-4-2-1-3-5-6/h11,13H,4-10,12H2,1-3H3,(H,19,20);6H,1-5,7H2. The summed E-state index contributed by atoms with van der Waals surface area (Å²) in [5.74, 6) is -0.787. The molecule has 0 spiro atoms. The SMILES string of the molecule is CC(C)(C)OC(=O)CC(=CCCC1CCCCC1)C(=O)O.NC1CCCCC1. The van der Waals surface area contributed by atoms with Crippen molar-refractivity contribution in [3.05, 3.63) is 11.6 Å². The summed E-state index contributed by atoms with van der Waals surface area (Å²) in [5, 5.41) is 9.18. The lowest BCUT2D eigenvalue weighted by atomic mass is 9.86. The molecular formula is C23H41NO4. The van der Waals surface area contributed by atoms with Gasteiger partial charge in [0.15, 0.2) is 0 Å². The quantitative estimate of drug-likeness (QED) is 0.466. The molecule has 0 aliphatic heterocycles. The fraction of sp³-hybridized carbons (Fsp3) is 0.826. The van der Waals surface area contributed by atoms with Crippen LogP contribution in [0, 0.1) is 5.92 Å². The van der Waals surface area contributed by atoms with Crippen molar-refractivity contribution in [1.82, 2.24) is 0 Å². The first-order valence-corrected chi connectivity index (χ1v) is 11.1. The van der Waals surface area contributed by atoms with Crippen LogP contribution in [0.1, 0.15) is 104 Å². The van der Waals surface area contributed by atoms with Crippen LogP contribution in [-0.4, -0.2) is 28.7 Å². The number of carbonyl (C=O) groups is 2. The highest BCUT2D eigenvalue weighted by atomic mass is 16.6. The molecule has 3 N–H and O–H groups in total. The van der Waals surface area contributed by atoms with Crippen molar-refractivity contribution >= 4 is 11.9 Å². The minimum atomic E-state index is -1.02. The number of carboxylic acids is 1. The summed E-state index contributed by atoms with van der Waals surface area (Å²) in [6.45, 7) is 5.33. The van der Waals surface area contributed by atoms with Crippen LogP contribution in [0.2, 0.25) is 0 Å². The highest BCUT2D eigenvalue weighted by molar-refractivity contribution is 5.92. The molecule has 0 atom stereocenters. The van der Waals surface area contributed by atoms with Gasteiger partial charge in [-0.1, -0.05) is 57.4 Å². The molecule has 0 aromatic carbocycles. The predicted molar refractivity (Wildman–Crippen MR) is 113 cm³/mol. The number of esters is 1. The summed E-state index contributed by atoms with van der Waals surface area (Å²) in [6, 6.07) is 0.536. The Morgan fingerprint density at radius 2 is 1.54 bits per heavy atom. The Morgan fingerprint density at radius 3 is 1.96 bits per heavy atom. The lowest BCUT2D eigenvalue weighted by molar-refractivity contribution is -0.155. The number of ether oxygens (including phenoxy) is 1. The number of nitrogens with two attached hydrogens (primary N) is 1. The first-order valence-electron chi connectivity index (χ1n) is 11.1. The molecule has 2 rings (SSSR count). The minimum Gasteiger partial charge on any atom is -0.478 e. The van der Waals surface area contributed by atoms with Gasteiger partial charge in [-0.15, -0.1) is 0 Å². The Morgan fingerprint density at radius 1 is 1.00 bits per heavy atom. The second kappa shape index (κ2) is 13.0. The highest BCUT2D eigenvalue weighted by Gasteiger charge is 2.20. The maximum absolute atomic E-state index is 11.7. The van der Waals surface area contributed by atoms with Gasteiger partial charge < -0.3 is 15.6 Å². The van der Waals surface area contributed by atoms with Crippen LogP contribution < -0.4 is 5.73 Å². The zero-order chi connectivity index (χ0) is 21.0. The van der Waals surface area contributed by atoms with E-state index in [4.69, 9.17) is 10.5 Å². The fourth-order valence-electron chi connectivity index (χ4n) is 3.87. The molecule has 2 aliphatic carbocycles. The Hall–Kier alpha value is -1.36. The molecule has 0 bridgehead atoms. The molecule has 0 aromatic heterocycles. The van der Waals surface area contributed by atoms with Crippen molar-refractivity contribution in [3.63, 3.8) is 0 Å². The average molecular weight is 396 g/mol. The van der Waals surface area contributed by atoms with E-state index >= 15 is 0 Å².